The van der Waals surface area contributed by atoms with Crippen molar-refractivity contribution in [3.63, 3.8) is 0 Å². The van der Waals surface area contributed by atoms with Crippen molar-refractivity contribution >= 4 is 27.5 Å². The second-order valence-electron chi connectivity index (χ2n) is 6.46. The first-order valence-electron chi connectivity index (χ1n) is 8.57. The maximum atomic E-state index is 13.0. The van der Waals surface area contributed by atoms with E-state index in [4.69, 9.17) is 4.74 Å². The Balaban J connectivity index is 1.76. The minimum absolute atomic E-state index is 0.0958. The summed E-state index contributed by atoms with van der Waals surface area (Å²) < 4.78 is 32.7. The Hall–Kier alpha value is -2.55. The topological polar surface area (TPSA) is 84.0 Å². The van der Waals surface area contributed by atoms with E-state index in [1.165, 1.54) is 10.4 Å². The van der Waals surface area contributed by atoms with Gasteiger partial charge in [0.2, 0.25) is 10.0 Å². The van der Waals surface area contributed by atoms with Crippen LogP contribution in [0.5, 0.6) is 0 Å². The van der Waals surface area contributed by atoms with Crippen LogP contribution in [0.2, 0.25) is 0 Å². The van der Waals surface area contributed by atoms with E-state index in [1.54, 1.807) is 43.3 Å². The molecule has 0 aliphatic carbocycles. The van der Waals surface area contributed by atoms with E-state index in [2.05, 4.69) is 0 Å². The molecule has 0 unspecified atom stereocenters. The van der Waals surface area contributed by atoms with Crippen LogP contribution in [0.3, 0.4) is 0 Å². The number of ether oxygens (including phenoxy) is 1. The molecule has 2 heterocycles. The van der Waals surface area contributed by atoms with E-state index in [-0.39, 0.29) is 23.7 Å². The lowest BCUT2D eigenvalue weighted by Crippen LogP contribution is -2.41. The van der Waals surface area contributed by atoms with Gasteiger partial charge in [0.05, 0.1) is 34.9 Å². The summed E-state index contributed by atoms with van der Waals surface area (Å²) in [6.07, 6.45) is 0. The van der Waals surface area contributed by atoms with Crippen LogP contribution in [0.4, 0.5) is 5.69 Å². The number of rotatable bonds is 3. The molecule has 0 N–H and O–H groups in total. The molecular formula is C19H18N2O5S. The summed E-state index contributed by atoms with van der Waals surface area (Å²) in [6, 6.07) is 11.2. The predicted molar refractivity (Wildman–Crippen MR) is 98.3 cm³/mol. The summed E-state index contributed by atoms with van der Waals surface area (Å²) in [7, 11) is -3.74. The Bertz CT molecular complexity index is 1010. The Morgan fingerprint density at radius 2 is 1.52 bits per heavy atom. The van der Waals surface area contributed by atoms with Crippen LogP contribution >= 0.6 is 0 Å². The Morgan fingerprint density at radius 1 is 0.926 bits per heavy atom. The van der Waals surface area contributed by atoms with Crippen LogP contribution in [0, 0.1) is 6.92 Å². The molecule has 2 aliphatic heterocycles. The lowest BCUT2D eigenvalue weighted by atomic mass is 10.1. The third-order valence-electron chi connectivity index (χ3n) is 4.81. The molecule has 2 amide bonds. The van der Waals surface area contributed by atoms with Gasteiger partial charge in [-0.1, -0.05) is 18.2 Å². The van der Waals surface area contributed by atoms with Gasteiger partial charge in [0.15, 0.2) is 0 Å². The van der Waals surface area contributed by atoms with Crippen LogP contribution in [-0.2, 0) is 14.8 Å². The van der Waals surface area contributed by atoms with Gasteiger partial charge in [-0.15, -0.1) is 0 Å². The second-order valence-corrected chi connectivity index (χ2v) is 8.36. The number of anilines is 1. The number of imide groups is 1. The number of nitrogens with zero attached hydrogens (tertiary/aromatic N) is 2. The number of hydrogen-bond acceptors (Lipinski definition) is 5. The number of aryl methyl sites for hydroxylation is 1. The van der Waals surface area contributed by atoms with Crippen molar-refractivity contribution in [2.24, 2.45) is 0 Å². The molecule has 4 rings (SSSR count). The van der Waals surface area contributed by atoms with Gasteiger partial charge in [-0.3, -0.25) is 9.59 Å². The first kappa shape index (κ1) is 17.8. The monoisotopic (exact) mass is 386 g/mol. The summed E-state index contributed by atoms with van der Waals surface area (Å²) in [5.41, 5.74) is 1.45. The largest absolute Gasteiger partial charge is 0.379 e. The van der Waals surface area contributed by atoms with E-state index < -0.39 is 21.8 Å². The van der Waals surface area contributed by atoms with Crippen molar-refractivity contribution in [2.75, 3.05) is 31.2 Å². The molecule has 140 valence electrons. The van der Waals surface area contributed by atoms with Crippen molar-refractivity contribution in [3.8, 4) is 0 Å². The molecule has 0 bridgehead atoms. The van der Waals surface area contributed by atoms with E-state index in [0.29, 0.717) is 29.9 Å². The van der Waals surface area contributed by atoms with E-state index >= 15 is 0 Å². The molecule has 7 nitrogen and oxygen atoms in total. The minimum atomic E-state index is -3.74. The molecule has 1 fully saturated rings. The number of morpholine rings is 1. The molecule has 0 saturated carbocycles. The zero-order chi connectivity index (χ0) is 19.2. The Morgan fingerprint density at radius 3 is 2.11 bits per heavy atom. The number of fused-ring (bicyclic) bond motifs is 1. The predicted octanol–water partition coefficient (Wildman–Crippen LogP) is 1.82. The van der Waals surface area contributed by atoms with Crippen LogP contribution in [0.1, 0.15) is 26.3 Å². The molecule has 2 aromatic carbocycles. The standard InChI is InChI=1S/C19H18N2O5S/c1-13-6-7-14(12-17(13)27(24,25)20-8-10-26-11-9-20)21-18(22)15-4-2-3-5-16(15)19(21)23/h2-7,12H,8-11H2,1H3. The van der Waals surface area contributed by atoms with Crippen molar-refractivity contribution in [3.05, 3.63) is 59.2 Å². The van der Waals surface area contributed by atoms with Gasteiger partial charge in [-0.05, 0) is 36.8 Å². The summed E-state index contributed by atoms with van der Waals surface area (Å²) in [5, 5.41) is 0. The van der Waals surface area contributed by atoms with E-state index in [0.717, 1.165) is 4.90 Å². The summed E-state index contributed by atoms with van der Waals surface area (Å²) in [4.78, 5) is 26.5. The molecule has 1 saturated heterocycles. The molecule has 0 aromatic heterocycles. The average molecular weight is 386 g/mol. The molecule has 27 heavy (non-hydrogen) atoms. The normalized spacial score (nSPS) is 18.0. The second kappa shape index (κ2) is 6.56. The highest BCUT2D eigenvalue weighted by atomic mass is 32.2. The fourth-order valence-corrected chi connectivity index (χ4v) is 5.01. The van der Waals surface area contributed by atoms with Crippen molar-refractivity contribution in [2.45, 2.75) is 11.8 Å². The zero-order valence-electron chi connectivity index (χ0n) is 14.7. The first-order valence-corrected chi connectivity index (χ1v) is 10.0. The number of hydrogen-bond donors (Lipinski definition) is 0. The smallest absolute Gasteiger partial charge is 0.266 e. The summed E-state index contributed by atoms with van der Waals surface area (Å²) in [5.74, 6) is -0.900. The zero-order valence-corrected chi connectivity index (χ0v) is 15.5. The highest BCUT2D eigenvalue weighted by Crippen LogP contribution is 2.31. The molecule has 0 spiro atoms. The molecule has 0 radical (unpaired) electrons. The molecule has 8 heteroatoms. The van der Waals surface area contributed by atoms with Gasteiger partial charge in [-0.25, -0.2) is 13.3 Å². The number of benzene rings is 2. The molecule has 0 atom stereocenters. The molecule has 2 aliphatic rings. The summed E-state index contributed by atoms with van der Waals surface area (Å²) in [6.45, 7) is 2.93. The van der Waals surface area contributed by atoms with Crippen molar-refractivity contribution < 1.29 is 22.7 Å². The average Bonchev–Trinajstić information content (AvgIpc) is 2.94. The lowest BCUT2D eigenvalue weighted by molar-refractivity contribution is 0.0730. The maximum absolute atomic E-state index is 13.0. The van der Waals surface area contributed by atoms with Gasteiger partial charge < -0.3 is 4.74 Å². The number of carbonyl (C=O) groups is 2. The van der Waals surface area contributed by atoms with Gasteiger partial charge in [-0.2, -0.15) is 4.31 Å². The third kappa shape index (κ3) is 2.86. The van der Waals surface area contributed by atoms with Gasteiger partial charge in [0, 0.05) is 13.1 Å². The van der Waals surface area contributed by atoms with Crippen LogP contribution in [0.15, 0.2) is 47.4 Å². The van der Waals surface area contributed by atoms with Crippen molar-refractivity contribution in [1.82, 2.24) is 4.31 Å². The van der Waals surface area contributed by atoms with Crippen LogP contribution < -0.4 is 4.90 Å². The van der Waals surface area contributed by atoms with Crippen LogP contribution in [0.25, 0.3) is 0 Å². The number of carbonyl (C=O) groups excluding carboxylic acids is 2. The highest BCUT2D eigenvalue weighted by Gasteiger charge is 2.37. The highest BCUT2D eigenvalue weighted by molar-refractivity contribution is 7.89. The first-order chi connectivity index (χ1) is 12.9. The maximum Gasteiger partial charge on any atom is 0.266 e. The molecule has 2 aromatic rings. The molecular weight excluding hydrogens is 368 g/mol. The quantitative estimate of drug-likeness (QED) is 0.752. The van der Waals surface area contributed by atoms with E-state index in [9.17, 15) is 18.0 Å². The summed E-state index contributed by atoms with van der Waals surface area (Å²) >= 11 is 0. The minimum Gasteiger partial charge on any atom is -0.379 e. The Labute approximate surface area is 157 Å². The van der Waals surface area contributed by atoms with E-state index in [1.807, 2.05) is 0 Å². The lowest BCUT2D eigenvalue weighted by Gasteiger charge is -2.27. The van der Waals surface area contributed by atoms with Crippen LogP contribution in [-0.4, -0.2) is 50.8 Å². The fraction of sp³-hybridized carbons (Fsp3) is 0.263. The van der Waals surface area contributed by atoms with Crippen molar-refractivity contribution in [1.29, 1.82) is 0 Å². The van der Waals surface area contributed by atoms with Gasteiger partial charge in [0.25, 0.3) is 11.8 Å². The fourth-order valence-electron chi connectivity index (χ4n) is 3.36. The Kier molecular flexibility index (Phi) is 4.33. The number of sulfonamides is 1. The third-order valence-corrected chi connectivity index (χ3v) is 6.85. The number of amides is 2. The van der Waals surface area contributed by atoms with Gasteiger partial charge in [0.1, 0.15) is 0 Å². The van der Waals surface area contributed by atoms with Gasteiger partial charge >= 0.3 is 0 Å². The SMILES string of the molecule is Cc1ccc(N2C(=O)c3ccccc3C2=O)cc1S(=O)(=O)N1CCOCC1.